The normalized spacial score (nSPS) is 18.5. The number of benzene rings is 5. The number of alkyl halides is 1. The minimum absolute atomic E-state index is 0. The third kappa shape index (κ3) is 46.4. The Bertz CT molecular complexity index is 4380. The molecule has 3 saturated heterocycles. The Morgan fingerprint density at radius 2 is 1.05 bits per heavy atom. The first-order valence-corrected chi connectivity index (χ1v) is 70.9. The standard InChI is InChI=1S/C52H74O5Si2.C27H36O2SSi.C21H41IO3Si.C6H18NSi2.C5H10O.2CH4.Li/c1-14-15-16-17-20-26-43-36-35-40(3)48(50(53)54-37-38-58(11,12)13)46(43)31-25-32-47-49(56-52(9,10)55-47)41(4)34-33-39(2)42(5)57-59(51(6,7)8,44-27-21-18-22-28-44)45-29-23-19-24-30-45;1-6-7-8-9-11-14-23-18-17-22(2)26(27(28)29-19-20-31(3,4)5)25(23)21-30-24-15-12-10-13-16-24;1-15(2)16(3)11-12-18(25-26(9,10)20(4,5)6)19-17(13-14-22)23-21(7,8)24-19;1-8(2,3)7-9(4,5)6;1-5-3-2-4-6-5;;;/h18-19,21-25,27-31,33-36,39,41-42,47,49H,14-17,32,37-38H2,1-13H3;10,12-13,15-18H,6-9,19-21H2,1-5H3;11-12,15-19H,13-14H2,1-10H3;1-6H3;5H,2-4H2,1H3;2*1H4;/q;;;-1;;;;+1/b31-25+,34-33-;;12-11-;;;;;/t39-,41?,42+,47+,49-;;16-,17+,18?,19+;;;;;/m1.1...../s1/i;;;;;2*1T;. The third-order valence-corrected chi connectivity index (χ3v) is 44.3. The van der Waals surface area contributed by atoms with Gasteiger partial charge >= 0.3 is 30.8 Å². The van der Waals surface area contributed by atoms with Crippen molar-refractivity contribution < 1.29 is 73.2 Å². The SMILES string of the molecule is CC(C)[C@H](C)/C=C\C(O[Si](C)(C)C(C)(C)C)[C@H]1OC(C)(C)O[C@H]1CCI.CC1CCCO1.CCCCCC#Cc1ccc(C)c(C(=O)OCC[Si](C)(C)C)c1/C=C/C[C@@H]1OC(C)(C)O[C@@H]1C(C)/C=C\[C@@H](C)[C@H](C)O[Si](c1ccccc1)(c1ccccc1)C(C)(C)C.CCCCCC#Cc1ccc(C)c(C(=O)OCC[Si](C)(C)C)c1CSc1ccccc1.C[Si](C)(C)[N-][Si](C)(C)C.[3H]C.[3H]C.[Li+]. The van der Waals surface area contributed by atoms with Gasteiger partial charge in [0, 0.05) is 82.1 Å². The second-order valence-corrected chi connectivity index (χ2v) is 76.6. The van der Waals surface area contributed by atoms with Crippen molar-refractivity contribution in [1.29, 1.82) is 0 Å². The molecule has 0 aliphatic carbocycles. The maximum atomic E-state index is 13.7. The topological polar surface area (TPSA) is 131 Å². The van der Waals surface area contributed by atoms with E-state index in [0.717, 1.165) is 101 Å². The molecule has 10 atom stereocenters. The van der Waals surface area contributed by atoms with Gasteiger partial charge in [-0.1, -0.05) is 399 Å². The monoisotopic (exact) mass is 2070 g/mol. The largest absolute Gasteiger partial charge is 1.00 e. The van der Waals surface area contributed by atoms with Crippen LogP contribution in [0.2, 0.25) is 114 Å². The Morgan fingerprint density at radius 1 is 0.590 bits per heavy atom. The van der Waals surface area contributed by atoms with Crippen LogP contribution in [0.1, 0.15) is 280 Å². The zero-order valence-electron chi connectivity index (χ0n) is 93.4. The van der Waals surface area contributed by atoms with E-state index in [1.807, 2.05) is 77.9 Å². The van der Waals surface area contributed by atoms with Gasteiger partial charge in [-0.2, -0.15) is 0 Å². The van der Waals surface area contributed by atoms with Crippen LogP contribution in [0.15, 0.2) is 151 Å². The summed E-state index contributed by atoms with van der Waals surface area (Å²) in [5, 5.41) is 2.63. The molecule has 5 aromatic rings. The van der Waals surface area contributed by atoms with Crippen LogP contribution >= 0.6 is 34.4 Å². The van der Waals surface area contributed by atoms with Gasteiger partial charge < -0.3 is 46.7 Å². The molecule has 3 unspecified atom stereocenters. The van der Waals surface area contributed by atoms with Gasteiger partial charge in [-0.25, -0.2) is 9.59 Å². The molecular weight excluding hydrogens is 1880 g/mol. The smallest absolute Gasteiger partial charge is 0.668 e. The van der Waals surface area contributed by atoms with Crippen LogP contribution in [-0.4, -0.2) is 140 Å². The summed E-state index contributed by atoms with van der Waals surface area (Å²) in [6, 6.07) is 42.0. The first-order chi connectivity index (χ1) is 62.9. The van der Waals surface area contributed by atoms with Crippen LogP contribution in [-0.2, 0) is 47.8 Å². The molecule has 748 valence electrons. The van der Waals surface area contributed by atoms with Gasteiger partial charge in [0.2, 0.25) is 0 Å². The van der Waals surface area contributed by atoms with Crippen LogP contribution in [0, 0.1) is 61.2 Å². The molecule has 0 amide bonds. The number of halogens is 1. The number of rotatable bonds is 38. The molecule has 3 aliphatic rings. The van der Waals surface area contributed by atoms with Crippen molar-refractivity contribution in [1.82, 2.24) is 0 Å². The Balaban J connectivity index is 0.000001000. The number of carbonyl (C=O) groups excluding carboxylic acids is 2. The zero-order valence-corrected chi connectivity index (χ0v) is 100. The van der Waals surface area contributed by atoms with Crippen LogP contribution in [0.25, 0.3) is 10.7 Å². The van der Waals surface area contributed by atoms with Crippen molar-refractivity contribution in [3.05, 3.63) is 195 Å². The maximum Gasteiger partial charge on any atom is 1.00 e. The molecule has 0 bridgehead atoms. The summed E-state index contributed by atoms with van der Waals surface area (Å²) in [6.07, 6.45) is 26.2. The van der Waals surface area contributed by atoms with Crippen LogP contribution in [0.3, 0.4) is 0 Å². The average molecular weight is 2070 g/mol. The number of ether oxygens (including phenoxy) is 7. The molecule has 5 aromatic carbocycles. The summed E-state index contributed by atoms with van der Waals surface area (Å²) in [6.45, 7) is 79.9. The Kier molecular flexibility index (Phi) is 56.0. The average Bonchev–Trinajstić information content (AvgIpc) is 1.04. The summed E-state index contributed by atoms with van der Waals surface area (Å²) in [7, 11) is -6.95. The van der Waals surface area contributed by atoms with Crippen molar-refractivity contribution in [3.63, 3.8) is 0 Å². The maximum absolute atomic E-state index is 13.7. The van der Waals surface area contributed by atoms with Gasteiger partial charge in [0.25, 0.3) is 8.32 Å². The quantitative estimate of drug-likeness (QED) is 0.00545. The van der Waals surface area contributed by atoms with Gasteiger partial charge in [0.15, 0.2) is 19.9 Å². The molecule has 12 nitrogen and oxygen atoms in total. The van der Waals surface area contributed by atoms with Gasteiger partial charge in [-0.15, -0.1) is 11.8 Å². The minimum atomic E-state index is -2.70. The van der Waals surface area contributed by atoms with Gasteiger partial charge in [0.1, 0.15) is 6.10 Å². The molecule has 3 aliphatic heterocycles. The minimum Gasteiger partial charge on any atom is -0.668 e. The first-order valence-electron chi connectivity index (χ1n) is 51.3. The number of allylic oxidation sites excluding steroid dienone is 1. The van der Waals surface area contributed by atoms with Crippen molar-refractivity contribution in [3.8, 4) is 23.7 Å². The van der Waals surface area contributed by atoms with Gasteiger partial charge in [-0.3, -0.25) is 0 Å². The molecule has 0 spiro atoms. The molecule has 134 heavy (non-hydrogen) atoms. The number of nitrogens with zero attached hydrogens (tertiary/aromatic N) is 1. The fourth-order valence-electron chi connectivity index (χ4n) is 15.5. The molecule has 21 heteroatoms. The van der Waals surface area contributed by atoms with Crippen LogP contribution < -0.4 is 29.2 Å². The second kappa shape index (κ2) is 60.5. The number of esters is 2. The number of unbranched alkanes of at least 4 members (excludes halogenated alkanes) is 6. The van der Waals surface area contributed by atoms with Crippen LogP contribution in [0.5, 0.6) is 0 Å². The molecule has 0 saturated carbocycles. The van der Waals surface area contributed by atoms with E-state index in [0.29, 0.717) is 54.5 Å². The summed E-state index contributed by atoms with van der Waals surface area (Å²) in [5.41, 5.74) is 6.74. The number of hydrogen-bond acceptors (Lipinski definition) is 12. The van der Waals surface area contributed by atoms with E-state index in [1.54, 1.807) is 11.8 Å². The van der Waals surface area contributed by atoms with Crippen molar-refractivity contribution in [2.24, 2.45) is 23.7 Å². The Hall–Kier alpha value is -3.96. The van der Waals surface area contributed by atoms with E-state index in [-0.39, 0.29) is 89.3 Å². The van der Waals surface area contributed by atoms with E-state index in [1.165, 1.54) is 55.8 Å². The van der Waals surface area contributed by atoms with E-state index in [2.05, 4.69) is 357 Å². The number of carbonyl (C=O) groups is 2. The molecule has 3 fully saturated rings. The summed E-state index contributed by atoms with van der Waals surface area (Å²) in [4.78, 5) is 28.0. The Labute approximate surface area is 860 Å². The van der Waals surface area contributed by atoms with Gasteiger partial charge in [0.05, 0.1) is 54.9 Å². The summed E-state index contributed by atoms with van der Waals surface area (Å²) < 4.78 is 74.1. The van der Waals surface area contributed by atoms with E-state index in [9.17, 15) is 9.59 Å². The third-order valence-electron chi connectivity index (χ3n) is 24.2. The second-order valence-electron chi connectivity index (χ2n) is 44.6. The fourth-order valence-corrected chi connectivity index (χ4v) is 32.6. The Morgan fingerprint density at radius 3 is 1.49 bits per heavy atom. The summed E-state index contributed by atoms with van der Waals surface area (Å²) in [5.74, 6) is 13.7. The number of hydrogen-bond donors (Lipinski definition) is 0. The van der Waals surface area contributed by atoms with Crippen molar-refractivity contribution in [2.75, 3.05) is 24.2 Å². The van der Waals surface area contributed by atoms with Crippen molar-refractivity contribution in [2.45, 2.75) is 416 Å². The van der Waals surface area contributed by atoms with E-state index >= 15 is 0 Å². The molecule has 0 N–H and O–H groups in total. The van der Waals surface area contributed by atoms with E-state index < -0.39 is 60.8 Å². The predicted octanol–water partition coefficient (Wildman–Crippen LogP) is 28.9. The molecule has 0 aromatic heterocycles. The number of aryl methyl sites for hydroxylation is 2. The van der Waals surface area contributed by atoms with Crippen molar-refractivity contribution >= 4 is 112 Å². The molecule has 0 radical (unpaired) electrons. The molecule has 3 heterocycles. The van der Waals surface area contributed by atoms with Gasteiger partial charge in [-0.05, 0) is 198 Å². The first kappa shape index (κ1) is 124. The predicted molar refractivity (Wildman–Crippen MR) is 601 cm³/mol. The molecular formula is C113H187ILiNO11SSi6. The number of thioether (sulfide) groups is 1. The zero-order chi connectivity index (χ0) is 103. The molecule has 8 rings (SSSR count). The fraction of sp³-hybridized carbons (Fsp3) is 0.628. The van der Waals surface area contributed by atoms with Crippen LogP contribution in [0.4, 0.5) is 0 Å². The van der Waals surface area contributed by atoms with E-state index in [4.69, 9.17) is 49.4 Å². The summed E-state index contributed by atoms with van der Waals surface area (Å²) >= 11 is 4.15.